The third-order valence-corrected chi connectivity index (χ3v) is 4.45. The molecule has 1 N–H and O–H groups in total. The number of benzene rings is 1. The second kappa shape index (κ2) is 6.64. The number of aromatic carboxylic acids is 1. The summed E-state index contributed by atoms with van der Waals surface area (Å²) < 4.78 is 22.2. The number of rotatable bonds is 5. The Bertz CT molecular complexity index is 887. The van der Waals surface area contributed by atoms with Crippen molar-refractivity contribution >= 4 is 22.5 Å². The molecule has 0 bridgehead atoms. The van der Waals surface area contributed by atoms with E-state index in [0.717, 1.165) is 22.3 Å². The predicted molar refractivity (Wildman–Crippen MR) is 92.9 cm³/mol. The Morgan fingerprint density at radius 1 is 1.20 bits per heavy atom. The fourth-order valence-corrected chi connectivity index (χ4v) is 3.09. The highest BCUT2D eigenvalue weighted by Crippen LogP contribution is 2.39. The smallest absolute Gasteiger partial charge is 0.335 e. The van der Waals surface area contributed by atoms with Gasteiger partial charge in [0.25, 0.3) is 0 Å². The molecule has 2 aromatic rings. The Kier molecular flexibility index (Phi) is 4.55. The van der Waals surface area contributed by atoms with E-state index in [4.69, 9.17) is 18.6 Å². The van der Waals surface area contributed by atoms with Crippen LogP contribution in [0.2, 0.25) is 0 Å². The molecule has 0 amide bonds. The van der Waals surface area contributed by atoms with Crippen molar-refractivity contribution in [3.63, 3.8) is 0 Å². The number of furan rings is 1. The molecule has 1 aromatic carbocycles. The predicted octanol–water partition coefficient (Wildman–Crippen LogP) is 3.78. The molecule has 25 heavy (non-hydrogen) atoms. The summed E-state index contributed by atoms with van der Waals surface area (Å²) in [5, 5.41) is 10.0. The molecule has 0 saturated carbocycles. The van der Waals surface area contributed by atoms with E-state index in [-0.39, 0.29) is 11.7 Å². The van der Waals surface area contributed by atoms with Crippen LogP contribution in [-0.2, 0) is 9.47 Å². The second-order valence-corrected chi connectivity index (χ2v) is 5.81. The highest BCUT2D eigenvalue weighted by Gasteiger charge is 2.25. The van der Waals surface area contributed by atoms with Gasteiger partial charge in [-0.3, -0.25) is 0 Å². The molecule has 6 heteroatoms. The van der Waals surface area contributed by atoms with Crippen LogP contribution in [0.25, 0.3) is 16.5 Å². The first-order chi connectivity index (χ1) is 12.0. The zero-order valence-corrected chi connectivity index (χ0v) is 14.6. The van der Waals surface area contributed by atoms with Crippen LogP contribution in [-0.4, -0.2) is 38.5 Å². The first-order valence-electron chi connectivity index (χ1n) is 7.82. The minimum absolute atomic E-state index is 0.161. The highest BCUT2D eigenvalue weighted by molar-refractivity contribution is 5.98. The van der Waals surface area contributed by atoms with Gasteiger partial charge in [0, 0.05) is 24.5 Å². The quantitative estimate of drug-likeness (QED) is 0.889. The number of aryl methyl sites for hydroxylation is 1. The van der Waals surface area contributed by atoms with Crippen LogP contribution in [0.15, 0.2) is 34.5 Å². The second-order valence-electron chi connectivity index (χ2n) is 5.81. The first-order valence-corrected chi connectivity index (χ1v) is 7.82. The number of fused-ring (bicyclic) bond motifs is 1. The van der Waals surface area contributed by atoms with Crippen molar-refractivity contribution in [3.8, 4) is 5.75 Å². The number of carbonyl (C=O) groups is 1. The average molecular weight is 344 g/mol. The van der Waals surface area contributed by atoms with Gasteiger partial charge in [0.05, 0.1) is 19.8 Å². The molecule has 6 nitrogen and oxygen atoms in total. The Morgan fingerprint density at radius 2 is 1.96 bits per heavy atom. The normalized spacial score (nSPS) is 17.2. The van der Waals surface area contributed by atoms with Crippen molar-refractivity contribution < 1.29 is 28.5 Å². The highest BCUT2D eigenvalue weighted by atomic mass is 16.5. The van der Waals surface area contributed by atoms with Gasteiger partial charge in [-0.2, -0.15) is 0 Å². The lowest BCUT2D eigenvalue weighted by molar-refractivity contribution is 0.0696. The third kappa shape index (κ3) is 2.89. The van der Waals surface area contributed by atoms with E-state index < -0.39 is 5.97 Å². The molecule has 1 aromatic heterocycles. The maximum absolute atomic E-state index is 11.3. The molecule has 1 heterocycles. The Balaban J connectivity index is 2.15. The fraction of sp³-hybridized carbons (Fsp3) is 0.316. The molecular formula is C19H20O6. The molecule has 1 atom stereocenters. The van der Waals surface area contributed by atoms with Crippen molar-refractivity contribution in [2.24, 2.45) is 0 Å². The number of carboxylic acids is 1. The summed E-state index contributed by atoms with van der Waals surface area (Å²) >= 11 is 0. The number of hydrogen-bond donors (Lipinski definition) is 1. The van der Waals surface area contributed by atoms with Gasteiger partial charge in [-0.15, -0.1) is 0 Å². The summed E-state index contributed by atoms with van der Waals surface area (Å²) in [6, 6.07) is 3.07. The van der Waals surface area contributed by atoms with Gasteiger partial charge in [0.2, 0.25) is 0 Å². The number of methoxy groups -OCH3 is 3. The van der Waals surface area contributed by atoms with Gasteiger partial charge in [0.1, 0.15) is 17.6 Å². The topological polar surface area (TPSA) is 78.1 Å². The van der Waals surface area contributed by atoms with Crippen molar-refractivity contribution in [1.29, 1.82) is 0 Å². The van der Waals surface area contributed by atoms with E-state index in [1.165, 1.54) is 13.2 Å². The molecule has 1 unspecified atom stereocenters. The van der Waals surface area contributed by atoms with Crippen molar-refractivity contribution in [2.45, 2.75) is 19.4 Å². The van der Waals surface area contributed by atoms with Crippen LogP contribution in [0.4, 0.5) is 0 Å². The molecule has 0 aliphatic heterocycles. The largest absolute Gasteiger partial charge is 0.498 e. The standard InChI is InChI=1S/C19H20O6/c1-10-13-7-12(19(20)21)9-16(24-4)18(13)25-17(10)11-5-6-14(22-2)15(8-11)23-3/h5-7,9,15H,8H2,1-4H3,(H,20,21). The summed E-state index contributed by atoms with van der Waals surface area (Å²) in [7, 11) is 4.74. The Hall–Kier alpha value is -2.73. The zero-order chi connectivity index (χ0) is 18.1. The number of allylic oxidation sites excluding steroid dienone is 2. The van der Waals surface area contributed by atoms with Crippen molar-refractivity contribution in [3.05, 3.63) is 46.9 Å². The molecular weight excluding hydrogens is 324 g/mol. The third-order valence-electron chi connectivity index (χ3n) is 4.45. The Morgan fingerprint density at radius 3 is 2.56 bits per heavy atom. The van der Waals surface area contributed by atoms with Crippen LogP contribution in [0, 0.1) is 6.92 Å². The van der Waals surface area contributed by atoms with E-state index >= 15 is 0 Å². The van der Waals surface area contributed by atoms with Crippen molar-refractivity contribution in [2.75, 3.05) is 21.3 Å². The lowest BCUT2D eigenvalue weighted by atomic mass is 9.96. The van der Waals surface area contributed by atoms with Crippen molar-refractivity contribution in [1.82, 2.24) is 0 Å². The van der Waals surface area contributed by atoms with E-state index in [0.29, 0.717) is 23.5 Å². The fourth-order valence-electron chi connectivity index (χ4n) is 3.09. The minimum Gasteiger partial charge on any atom is -0.498 e. The summed E-state index contributed by atoms with van der Waals surface area (Å²) in [6.45, 7) is 1.91. The van der Waals surface area contributed by atoms with Crippen LogP contribution >= 0.6 is 0 Å². The van der Waals surface area contributed by atoms with E-state index in [1.54, 1.807) is 20.3 Å². The Labute approximate surface area is 145 Å². The van der Waals surface area contributed by atoms with E-state index in [9.17, 15) is 9.90 Å². The summed E-state index contributed by atoms with van der Waals surface area (Å²) in [5.74, 6) is 0.846. The summed E-state index contributed by atoms with van der Waals surface area (Å²) in [5.41, 5.74) is 2.53. The lowest BCUT2D eigenvalue weighted by Gasteiger charge is -2.22. The van der Waals surface area contributed by atoms with E-state index in [1.807, 2.05) is 19.1 Å². The van der Waals surface area contributed by atoms with Crippen LogP contribution in [0.5, 0.6) is 5.75 Å². The molecule has 0 radical (unpaired) electrons. The molecule has 3 rings (SSSR count). The van der Waals surface area contributed by atoms with Crippen LogP contribution in [0.3, 0.4) is 0 Å². The summed E-state index contributed by atoms with van der Waals surface area (Å²) in [6.07, 6.45) is 4.21. The first kappa shape index (κ1) is 17.1. The summed E-state index contributed by atoms with van der Waals surface area (Å²) in [4.78, 5) is 11.3. The zero-order valence-electron chi connectivity index (χ0n) is 14.6. The van der Waals surface area contributed by atoms with Gasteiger partial charge < -0.3 is 23.7 Å². The van der Waals surface area contributed by atoms with E-state index in [2.05, 4.69) is 0 Å². The van der Waals surface area contributed by atoms with Crippen LogP contribution < -0.4 is 4.74 Å². The molecule has 0 spiro atoms. The lowest BCUT2D eigenvalue weighted by Crippen LogP contribution is -2.18. The van der Waals surface area contributed by atoms with Gasteiger partial charge in [-0.05, 0) is 30.7 Å². The number of hydrogen-bond acceptors (Lipinski definition) is 5. The SMILES string of the molecule is COC1=CC=C(c2oc3c(OC)cc(C(=O)O)cc3c2C)CC1OC. The monoisotopic (exact) mass is 344 g/mol. The molecule has 1 aliphatic carbocycles. The molecule has 132 valence electrons. The number of carboxylic acid groups (broad SMARTS) is 1. The van der Waals surface area contributed by atoms with Gasteiger partial charge in [-0.1, -0.05) is 6.08 Å². The maximum Gasteiger partial charge on any atom is 0.335 e. The van der Waals surface area contributed by atoms with Gasteiger partial charge >= 0.3 is 5.97 Å². The molecule has 1 aliphatic rings. The van der Waals surface area contributed by atoms with Gasteiger partial charge in [-0.25, -0.2) is 4.79 Å². The van der Waals surface area contributed by atoms with Crippen LogP contribution in [0.1, 0.15) is 28.1 Å². The maximum atomic E-state index is 11.3. The molecule has 0 fully saturated rings. The number of ether oxygens (including phenoxy) is 3. The van der Waals surface area contributed by atoms with Gasteiger partial charge in [0.15, 0.2) is 11.3 Å². The molecule has 0 saturated heterocycles. The average Bonchev–Trinajstić information content (AvgIpc) is 2.97. The minimum atomic E-state index is -1.01.